The van der Waals surface area contributed by atoms with Crippen LogP contribution in [0, 0.1) is 0 Å². The normalized spacial score (nSPS) is 14.6. The number of nitrogens with one attached hydrogen (secondary N) is 1. The van der Waals surface area contributed by atoms with Crippen molar-refractivity contribution in [3.05, 3.63) is 47.8 Å². The van der Waals surface area contributed by atoms with Gasteiger partial charge in [0.25, 0.3) is 0 Å². The predicted octanol–water partition coefficient (Wildman–Crippen LogP) is 3.85. The molecular weight excluding hydrogens is 286 g/mol. The number of ether oxygens (including phenoxy) is 1. The number of rotatable bonds is 2. The maximum atomic E-state index is 5.73. The predicted molar refractivity (Wildman–Crippen MR) is 91.8 cm³/mol. The van der Waals surface area contributed by atoms with Gasteiger partial charge in [0, 0.05) is 24.6 Å². The molecule has 4 heteroatoms. The van der Waals surface area contributed by atoms with Crippen LogP contribution in [-0.4, -0.2) is 23.1 Å². The molecule has 0 aliphatic carbocycles. The van der Waals surface area contributed by atoms with Crippen LogP contribution in [0.3, 0.4) is 0 Å². The monoisotopic (exact) mass is 306 g/mol. The van der Waals surface area contributed by atoms with Crippen LogP contribution in [-0.2, 0) is 6.54 Å². The van der Waals surface area contributed by atoms with E-state index in [0.29, 0.717) is 12.5 Å². The van der Waals surface area contributed by atoms with Crippen LogP contribution in [0.4, 0.5) is 0 Å². The van der Waals surface area contributed by atoms with Gasteiger partial charge in [-0.3, -0.25) is 0 Å². The molecule has 0 amide bonds. The van der Waals surface area contributed by atoms with Crippen molar-refractivity contribution in [1.29, 1.82) is 0 Å². The fourth-order valence-electron chi connectivity index (χ4n) is 2.93. The van der Waals surface area contributed by atoms with Crippen LogP contribution in [0.25, 0.3) is 22.2 Å². The lowest BCUT2D eigenvalue weighted by atomic mass is 10.0. The zero-order valence-corrected chi connectivity index (χ0v) is 13.5. The molecule has 0 atom stereocenters. The largest absolute Gasteiger partial charge is 0.492 e. The lowest BCUT2D eigenvalue weighted by Crippen LogP contribution is -2.08. The van der Waals surface area contributed by atoms with Gasteiger partial charge in [-0.2, -0.15) is 0 Å². The lowest BCUT2D eigenvalue weighted by molar-refractivity contribution is 0.325. The number of H-pyrrole nitrogens is 1. The molecule has 0 fully saturated rings. The Balaban J connectivity index is 1.75. The van der Waals surface area contributed by atoms with E-state index in [-0.39, 0.29) is 0 Å². The molecule has 4 nitrogen and oxygen atoms in total. The zero-order valence-electron chi connectivity index (χ0n) is 13.5. The summed E-state index contributed by atoms with van der Waals surface area (Å²) in [5.74, 6) is 2.39. The Morgan fingerprint density at radius 3 is 2.78 bits per heavy atom. The summed E-state index contributed by atoms with van der Waals surface area (Å²) in [6.45, 7) is 6.46. The smallest absolute Gasteiger partial charge is 0.123 e. The standard InChI is InChI=1S/C19H20N3O/c1-12(2)19-21-16-5-3-14(10-17(16)22-19)13-4-6-18-15(9-13)11-20-7-8-23-18/h3-6,9-10,12H,7-8,11H2,1-2H3,(H,21,22). The van der Waals surface area contributed by atoms with E-state index < -0.39 is 0 Å². The Labute approximate surface area is 135 Å². The van der Waals surface area contributed by atoms with Gasteiger partial charge in [-0.25, -0.2) is 10.3 Å². The van der Waals surface area contributed by atoms with E-state index in [0.717, 1.165) is 41.3 Å². The highest BCUT2D eigenvalue weighted by Crippen LogP contribution is 2.30. The van der Waals surface area contributed by atoms with Crippen LogP contribution in [0.1, 0.15) is 31.2 Å². The van der Waals surface area contributed by atoms with Gasteiger partial charge >= 0.3 is 0 Å². The van der Waals surface area contributed by atoms with Crippen LogP contribution in [0.15, 0.2) is 36.4 Å². The second-order valence-electron chi connectivity index (χ2n) is 6.28. The maximum absolute atomic E-state index is 5.73. The summed E-state index contributed by atoms with van der Waals surface area (Å²) >= 11 is 0. The first kappa shape index (κ1) is 14.3. The highest BCUT2D eigenvalue weighted by Gasteiger charge is 2.12. The van der Waals surface area contributed by atoms with Crippen molar-refractivity contribution in [3.8, 4) is 16.9 Å². The van der Waals surface area contributed by atoms with E-state index in [1.165, 1.54) is 11.1 Å². The van der Waals surface area contributed by atoms with Crippen molar-refractivity contribution in [2.45, 2.75) is 26.3 Å². The Kier molecular flexibility index (Phi) is 3.54. The Morgan fingerprint density at radius 1 is 1.09 bits per heavy atom. The molecule has 0 saturated heterocycles. The van der Waals surface area contributed by atoms with E-state index in [1.807, 2.05) is 0 Å². The van der Waals surface area contributed by atoms with Crippen molar-refractivity contribution < 1.29 is 4.74 Å². The maximum Gasteiger partial charge on any atom is 0.123 e. The molecule has 2 heterocycles. The first-order chi connectivity index (χ1) is 11.2. The quantitative estimate of drug-likeness (QED) is 0.782. The van der Waals surface area contributed by atoms with Gasteiger partial charge in [-0.05, 0) is 35.4 Å². The molecule has 1 aromatic heterocycles. The van der Waals surface area contributed by atoms with E-state index in [9.17, 15) is 0 Å². The molecule has 117 valence electrons. The SMILES string of the molecule is CC(C)c1nc2ccc(-c3ccc4c(c3)C[N]CCO4)cc2[nH]1. The number of aromatic amines is 1. The van der Waals surface area contributed by atoms with E-state index >= 15 is 0 Å². The van der Waals surface area contributed by atoms with Gasteiger partial charge in [0.15, 0.2) is 0 Å². The van der Waals surface area contributed by atoms with Crippen LogP contribution in [0.5, 0.6) is 5.75 Å². The second kappa shape index (κ2) is 5.70. The fraction of sp³-hybridized carbons (Fsp3) is 0.316. The molecule has 0 spiro atoms. The van der Waals surface area contributed by atoms with Crippen molar-refractivity contribution in [2.75, 3.05) is 13.2 Å². The molecule has 0 saturated carbocycles. The molecule has 1 aliphatic heterocycles. The molecule has 0 unspecified atom stereocenters. The first-order valence-electron chi connectivity index (χ1n) is 8.10. The summed E-state index contributed by atoms with van der Waals surface area (Å²) in [6, 6.07) is 12.7. The summed E-state index contributed by atoms with van der Waals surface area (Å²) in [5.41, 5.74) is 5.63. The summed E-state index contributed by atoms with van der Waals surface area (Å²) in [4.78, 5) is 8.06. The first-order valence-corrected chi connectivity index (χ1v) is 8.10. The van der Waals surface area contributed by atoms with Crippen molar-refractivity contribution in [1.82, 2.24) is 15.3 Å². The third-order valence-electron chi connectivity index (χ3n) is 4.23. The van der Waals surface area contributed by atoms with Gasteiger partial charge in [0.05, 0.1) is 11.0 Å². The molecule has 23 heavy (non-hydrogen) atoms. The number of benzene rings is 2. The summed E-state index contributed by atoms with van der Waals surface area (Å²) < 4.78 is 5.73. The fourth-order valence-corrected chi connectivity index (χ4v) is 2.93. The average molecular weight is 306 g/mol. The Bertz CT molecular complexity index is 851. The summed E-state index contributed by atoms with van der Waals surface area (Å²) in [7, 11) is 0. The molecule has 0 bridgehead atoms. The average Bonchev–Trinajstić information content (AvgIpc) is 2.85. The van der Waals surface area contributed by atoms with Crippen LogP contribution in [0.2, 0.25) is 0 Å². The van der Waals surface area contributed by atoms with Gasteiger partial charge in [0.1, 0.15) is 18.2 Å². The highest BCUT2D eigenvalue weighted by atomic mass is 16.5. The number of hydrogen-bond donors (Lipinski definition) is 1. The van der Waals surface area contributed by atoms with Gasteiger partial charge in [-0.15, -0.1) is 0 Å². The highest BCUT2D eigenvalue weighted by molar-refractivity contribution is 5.82. The van der Waals surface area contributed by atoms with Gasteiger partial charge in [-0.1, -0.05) is 26.0 Å². The minimum Gasteiger partial charge on any atom is -0.492 e. The van der Waals surface area contributed by atoms with Gasteiger partial charge < -0.3 is 9.72 Å². The second-order valence-corrected chi connectivity index (χ2v) is 6.28. The minimum atomic E-state index is 0.400. The lowest BCUT2D eigenvalue weighted by Gasteiger charge is -2.09. The van der Waals surface area contributed by atoms with Crippen molar-refractivity contribution in [2.24, 2.45) is 0 Å². The minimum absolute atomic E-state index is 0.400. The number of imidazole rings is 1. The summed E-state index contributed by atoms with van der Waals surface area (Å²) in [6.07, 6.45) is 0. The zero-order chi connectivity index (χ0) is 15.8. The van der Waals surface area contributed by atoms with Crippen LogP contribution < -0.4 is 10.1 Å². The van der Waals surface area contributed by atoms with Gasteiger partial charge in [0.2, 0.25) is 0 Å². The Hall–Kier alpha value is -2.33. The van der Waals surface area contributed by atoms with Crippen LogP contribution >= 0.6 is 0 Å². The topological polar surface area (TPSA) is 52.0 Å². The number of fused-ring (bicyclic) bond motifs is 2. The molecule has 2 aromatic carbocycles. The van der Waals surface area contributed by atoms with E-state index in [4.69, 9.17) is 4.74 Å². The molecular formula is C19H20N3O. The van der Waals surface area contributed by atoms with Crippen molar-refractivity contribution >= 4 is 11.0 Å². The molecule has 4 rings (SSSR count). The molecule has 1 aliphatic rings. The third-order valence-corrected chi connectivity index (χ3v) is 4.23. The van der Waals surface area contributed by atoms with Crippen molar-refractivity contribution in [3.63, 3.8) is 0 Å². The molecule has 3 aromatic rings. The number of aromatic nitrogens is 2. The molecule has 1 N–H and O–H groups in total. The van der Waals surface area contributed by atoms with E-state index in [1.54, 1.807) is 0 Å². The van der Waals surface area contributed by atoms with E-state index in [2.05, 4.69) is 65.5 Å². The summed E-state index contributed by atoms with van der Waals surface area (Å²) in [5, 5.41) is 4.48. The number of nitrogens with zero attached hydrogens (tertiary/aromatic N) is 2. The third kappa shape index (κ3) is 2.70. The molecule has 1 radical (unpaired) electrons. The number of hydrogen-bond acceptors (Lipinski definition) is 2. The Morgan fingerprint density at radius 2 is 1.91 bits per heavy atom.